The molecule has 2 fully saturated rings. The van der Waals surface area contributed by atoms with Crippen molar-refractivity contribution in [3.8, 4) is 5.75 Å². The molecule has 1 atom stereocenters. The Morgan fingerprint density at radius 1 is 1.16 bits per heavy atom. The Morgan fingerprint density at radius 2 is 1.91 bits per heavy atom. The lowest BCUT2D eigenvalue weighted by Gasteiger charge is -2.29. The highest BCUT2D eigenvalue weighted by Gasteiger charge is 2.58. The summed E-state index contributed by atoms with van der Waals surface area (Å²) >= 11 is 1.34. The number of hydrogen-bond donors (Lipinski definition) is 0. The average Bonchev–Trinajstić information content (AvgIpc) is 3.52. The molecule has 0 radical (unpaired) electrons. The monoisotopic (exact) mass is 452 g/mol. The largest absolute Gasteiger partial charge is 0.497 e. The number of fused-ring (bicyclic) bond motifs is 3. The SMILES string of the molecule is COc1ccc(CN(C(=O)COC(=O)[C@@]23CCC(=O)N2c2ccccc2S3)C2CC2)cc1. The molecule has 1 saturated carbocycles. The molecular formula is C24H24N2O5S. The molecule has 1 saturated heterocycles. The quantitative estimate of drug-likeness (QED) is 0.600. The maximum absolute atomic E-state index is 13.2. The van der Waals surface area contributed by atoms with Crippen molar-refractivity contribution in [1.82, 2.24) is 4.90 Å². The van der Waals surface area contributed by atoms with Gasteiger partial charge < -0.3 is 14.4 Å². The molecule has 0 spiro atoms. The molecule has 0 bridgehead atoms. The Balaban J connectivity index is 1.27. The summed E-state index contributed by atoms with van der Waals surface area (Å²) < 4.78 is 10.7. The van der Waals surface area contributed by atoms with Crippen LogP contribution in [-0.2, 0) is 25.7 Å². The summed E-state index contributed by atoms with van der Waals surface area (Å²) in [6.45, 7) is 0.132. The average molecular weight is 453 g/mol. The Hall–Kier alpha value is -3.00. The Bertz CT molecular complexity index is 1070. The summed E-state index contributed by atoms with van der Waals surface area (Å²) in [5.41, 5.74) is 1.73. The molecule has 0 unspecified atom stereocenters. The third kappa shape index (κ3) is 3.62. The number of carbonyl (C=O) groups excluding carboxylic acids is 3. The lowest BCUT2D eigenvalue weighted by molar-refractivity contribution is -0.154. The van der Waals surface area contributed by atoms with E-state index in [0.717, 1.165) is 34.7 Å². The number of rotatable bonds is 7. The van der Waals surface area contributed by atoms with Crippen LogP contribution in [0.2, 0.25) is 0 Å². The van der Waals surface area contributed by atoms with Gasteiger partial charge in [0.2, 0.25) is 5.91 Å². The molecule has 1 aliphatic carbocycles. The zero-order valence-corrected chi connectivity index (χ0v) is 18.6. The van der Waals surface area contributed by atoms with Crippen molar-refractivity contribution in [3.63, 3.8) is 0 Å². The summed E-state index contributed by atoms with van der Waals surface area (Å²) in [7, 11) is 1.61. The summed E-state index contributed by atoms with van der Waals surface area (Å²) in [5, 5.41) is 0. The van der Waals surface area contributed by atoms with E-state index in [-0.39, 0.29) is 30.9 Å². The number of thioether (sulfide) groups is 1. The summed E-state index contributed by atoms with van der Waals surface area (Å²) in [5.74, 6) is -0.0793. The number of para-hydroxylation sites is 1. The first-order valence-electron chi connectivity index (χ1n) is 10.7. The fourth-order valence-corrected chi connectivity index (χ4v) is 5.74. The predicted octanol–water partition coefficient (Wildman–Crippen LogP) is 3.36. The number of esters is 1. The van der Waals surface area contributed by atoms with Gasteiger partial charge in [-0.2, -0.15) is 0 Å². The second-order valence-electron chi connectivity index (χ2n) is 8.26. The van der Waals surface area contributed by atoms with Gasteiger partial charge in [0.15, 0.2) is 11.5 Å². The topological polar surface area (TPSA) is 76.1 Å². The maximum atomic E-state index is 13.2. The molecule has 32 heavy (non-hydrogen) atoms. The Morgan fingerprint density at radius 3 is 2.62 bits per heavy atom. The van der Waals surface area contributed by atoms with Crippen molar-refractivity contribution in [2.24, 2.45) is 0 Å². The number of benzene rings is 2. The van der Waals surface area contributed by atoms with E-state index in [1.54, 1.807) is 16.9 Å². The zero-order valence-electron chi connectivity index (χ0n) is 17.8. The van der Waals surface area contributed by atoms with Gasteiger partial charge >= 0.3 is 5.97 Å². The van der Waals surface area contributed by atoms with Gasteiger partial charge in [-0.15, -0.1) is 0 Å². The van der Waals surface area contributed by atoms with Gasteiger partial charge in [0.05, 0.1) is 12.8 Å². The lowest BCUT2D eigenvalue weighted by atomic mass is 10.2. The highest BCUT2D eigenvalue weighted by atomic mass is 32.2. The van der Waals surface area contributed by atoms with E-state index in [2.05, 4.69) is 0 Å². The molecule has 2 aromatic carbocycles. The number of hydrogen-bond acceptors (Lipinski definition) is 6. The molecular weight excluding hydrogens is 428 g/mol. The van der Waals surface area contributed by atoms with Gasteiger partial charge in [0.25, 0.3) is 5.91 Å². The molecule has 2 aliphatic heterocycles. The van der Waals surface area contributed by atoms with Crippen molar-refractivity contribution in [1.29, 1.82) is 0 Å². The van der Waals surface area contributed by atoms with Crippen LogP contribution in [0.3, 0.4) is 0 Å². The second-order valence-corrected chi connectivity index (χ2v) is 9.58. The first-order chi connectivity index (χ1) is 15.5. The van der Waals surface area contributed by atoms with Crippen LogP contribution in [-0.4, -0.2) is 47.3 Å². The van der Waals surface area contributed by atoms with Crippen molar-refractivity contribution in [2.75, 3.05) is 18.6 Å². The summed E-state index contributed by atoms with van der Waals surface area (Å²) in [6.07, 6.45) is 2.56. The van der Waals surface area contributed by atoms with Crippen molar-refractivity contribution >= 4 is 35.2 Å². The fraction of sp³-hybridized carbons (Fsp3) is 0.375. The van der Waals surface area contributed by atoms with Crippen LogP contribution in [0, 0.1) is 0 Å². The normalized spacial score (nSPS) is 21.2. The van der Waals surface area contributed by atoms with Gasteiger partial charge in [-0.3, -0.25) is 14.5 Å². The van der Waals surface area contributed by atoms with E-state index in [1.165, 1.54) is 11.8 Å². The van der Waals surface area contributed by atoms with Crippen molar-refractivity contribution < 1.29 is 23.9 Å². The highest BCUT2D eigenvalue weighted by Crippen LogP contribution is 2.56. The molecule has 8 heteroatoms. The van der Waals surface area contributed by atoms with E-state index in [0.29, 0.717) is 13.0 Å². The van der Waals surface area contributed by atoms with E-state index in [4.69, 9.17) is 9.47 Å². The minimum Gasteiger partial charge on any atom is -0.497 e. The van der Waals surface area contributed by atoms with Gasteiger partial charge in [0.1, 0.15) is 5.75 Å². The van der Waals surface area contributed by atoms with Crippen LogP contribution < -0.4 is 9.64 Å². The first-order valence-corrected chi connectivity index (χ1v) is 11.5. The molecule has 166 valence electrons. The van der Waals surface area contributed by atoms with Gasteiger partial charge in [0, 0.05) is 30.3 Å². The molecule has 0 aromatic heterocycles. The minimum absolute atomic E-state index is 0.0927. The first kappa shape index (κ1) is 20.9. The molecule has 2 heterocycles. The van der Waals surface area contributed by atoms with Crippen LogP contribution >= 0.6 is 11.8 Å². The molecule has 3 aliphatic rings. The number of carbonyl (C=O) groups is 3. The maximum Gasteiger partial charge on any atom is 0.344 e. The summed E-state index contributed by atoms with van der Waals surface area (Å²) in [6, 6.07) is 15.2. The lowest BCUT2D eigenvalue weighted by Crippen LogP contribution is -2.48. The number of ether oxygens (including phenoxy) is 2. The molecule has 2 amide bonds. The molecule has 5 rings (SSSR count). The zero-order chi connectivity index (χ0) is 22.3. The van der Waals surface area contributed by atoms with Gasteiger partial charge in [-0.25, -0.2) is 4.79 Å². The highest BCUT2D eigenvalue weighted by molar-refractivity contribution is 8.02. The van der Waals surface area contributed by atoms with E-state index < -0.39 is 10.8 Å². The van der Waals surface area contributed by atoms with E-state index >= 15 is 0 Å². The third-order valence-corrected chi connectivity index (χ3v) is 7.60. The van der Waals surface area contributed by atoms with Gasteiger partial charge in [-0.05, 0) is 42.7 Å². The second kappa shape index (κ2) is 8.16. The Kier molecular flexibility index (Phi) is 5.33. The number of nitrogens with zero attached hydrogens (tertiary/aromatic N) is 2. The van der Waals surface area contributed by atoms with E-state index in [1.807, 2.05) is 48.5 Å². The standard InChI is InChI=1S/C24H24N2O5S/c1-30-18-10-6-16(7-11-18)14-25(17-8-9-17)22(28)15-31-23(29)24-13-12-21(27)26(24)19-4-2-3-5-20(19)32-24/h2-7,10-11,17H,8-9,12-15H2,1H3/t24-/m0/s1. The fourth-order valence-electron chi connectivity index (χ4n) is 4.33. The smallest absolute Gasteiger partial charge is 0.344 e. The predicted molar refractivity (Wildman–Crippen MR) is 119 cm³/mol. The van der Waals surface area contributed by atoms with Crippen LogP contribution in [0.15, 0.2) is 53.4 Å². The minimum atomic E-state index is -1.11. The number of amides is 2. The summed E-state index contributed by atoms with van der Waals surface area (Å²) in [4.78, 5) is 41.8. The van der Waals surface area contributed by atoms with Crippen molar-refractivity contribution in [3.05, 3.63) is 54.1 Å². The van der Waals surface area contributed by atoms with Crippen LogP contribution in [0.4, 0.5) is 5.69 Å². The molecule has 7 nitrogen and oxygen atoms in total. The van der Waals surface area contributed by atoms with Crippen LogP contribution in [0.1, 0.15) is 31.2 Å². The van der Waals surface area contributed by atoms with Crippen LogP contribution in [0.25, 0.3) is 0 Å². The Labute approximate surface area is 190 Å². The number of methoxy groups -OCH3 is 1. The van der Waals surface area contributed by atoms with Crippen molar-refractivity contribution in [2.45, 2.75) is 48.0 Å². The number of anilines is 1. The molecule has 2 aromatic rings. The van der Waals surface area contributed by atoms with Gasteiger partial charge in [-0.1, -0.05) is 36.0 Å². The third-order valence-electron chi connectivity index (χ3n) is 6.14. The van der Waals surface area contributed by atoms with Crippen LogP contribution in [0.5, 0.6) is 5.75 Å². The van der Waals surface area contributed by atoms with E-state index in [9.17, 15) is 14.4 Å². The molecule has 0 N–H and O–H groups in total.